The molecule has 0 aromatic heterocycles. The summed E-state index contributed by atoms with van der Waals surface area (Å²) in [6.45, 7) is 4.12. The van der Waals surface area contributed by atoms with Crippen LogP contribution in [-0.4, -0.2) is 17.8 Å². The molecule has 1 N–H and O–H groups in total. The Labute approximate surface area is 79.2 Å². The maximum absolute atomic E-state index is 8.71. The van der Waals surface area contributed by atoms with E-state index in [4.69, 9.17) is 9.84 Å². The first-order chi connectivity index (χ1) is 6.42. The van der Waals surface area contributed by atoms with E-state index >= 15 is 0 Å². The molecule has 0 bridgehead atoms. The Balaban J connectivity index is 0.000000396. The van der Waals surface area contributed by atoms with E-state index in [0.717, 1.165) is 5.56 Å². The predicted molar refractivity (Wildman–Crippen MR) is 52.5 cm³/mol. The lowest BCUT2D eigenvalue weighted by molar-refractivity contribution is 0.242. The summed E-state index contributed by atoms with van der Waals surface area (Å²) in [4.78, 5) is 0. The molecule has 2 heteroatoms. The van der Waals surface area contributed by atoms with Gasteiger partial charge < -0.3 is 9.84 Å². The van der Waals surface area contributed by atoms with E-state index in [0.29, 0.717) is 0 Å². The van der Waals surface area contributed by atoms with Gasteiger partial charge in [0, 0.05) is 0 Å². The number of aliphatic hydroxyl groups is 1. The van der Waals surface area contributed by atoms with Crippen molar-refractivity contribution in [3.63, 3.8) is 0 Å². The zero-order chi connectivity index (χ0) is 9.68. The Morgan fingerprint density at radius 3 is 2.31 bits per heavy atom. The summed E-state index contributed by atoms with van der Waals surface area (Å²) in [5, 5.41) is 8.71. The quantitative estimate of drug-likeness (QED) is 0.707. The third-order valence-electron chi connectivity index (χ3n) is 1.89. The highest BCUT2D eigenvalue weighted by Gasteiger charge is 2.39. The Kier molecular flexibility index (Phi) is 3.93. The van der Waals surface area contributed by atoms with Gasteiger partial charge in [-0.3, -0.25) is 0 Å². The molecule has 1 aromatic rings. The summed E-state index contributed by atoms with van der Waals surface area (Å²) < 4.78 is 5.20. The zero-order valence-corrected chi connectivity index (χ0v) is 8.10. The van der Waals surface area contributed by atoms with Gasteiger partial charge >= 0.3 is 0 Å². The lowest BCUT2D eigenvalue weighted by Crippen LogP contribution is -1.93. The first-order valence-electron chi connectivity index (χ1n) is 4.73. The summed E-state index contributed by atoms with van der Waals surface area (Å²) in [7, 11) is 0. The third kappa shape index (κ3) is 2.54. The van der Waals surface area contributed by atoms with Crippen molar-refractivity contribution in [1.82, 2.24) is 0 Å². The molecule has 0 radical (unpaired) electrons. The molecule has 0 spiro atoms. The maximum atomic E-state index is 8.71. The average molecular weight is 180 g/mol. The van der Waals surface area contributed by atoms with Gasteiger partial charge in [0.2, 0.25) is 0 Å². The van der Waals surface area contributed by atoms with Crippen molar-refractivity contribution >= 4 is 0 Å². The van der Waals surface area contributed by atoms with Gasteiger partial charge in [0.15, 0.2) is 0 Å². The minimum Gasteiger partial charge on any atom is -0.394 e. The monoisotopic (exact) mass is 180 g/mol. The van der Waals surface area contributed by atoms with Crippen molar-refractivity contribution < 1.29 is 9.84 Å². The molecule has 2 atom stereocenters. The number of rotatable bonds is 2. The van der Waals surface area contributed by atoms with E-state index in [1.54, 1.807) is 0 Å². The molecule has 1 heterocycles. The van der Waals surface area contributed by atoms with Crippen LogP contribution in [0.2, 0.25) is 0 Å². The molecule has 0 saturated carbocycles. The highest BCUT2D eigenvalue weighted by atomic mass is 16.6. The fourth-order valence-corrected chi connectivity index (χ4v) is 1.22. The minimum atomic E-state index is 0.0393. The second-order valence-corrected chi connectivity index (χ2v) is 2.69. The lowest BCUT2D eigenvalue weighted by Gasteiger charge is -1.91. The second kappa shape index (κ2) is 5.00. The van der Waals surface area contributed by atoms with E-state index in [1.165, 1.54) is 0 Å². The van der Waals surface area contributed by atoms with Crippen molar-refractivity contribution in [2.75, 3.05) is 6.61 Å². The smallest absolute Gasteiger partial charge is 0.112 e. The number of benzene rings is 1. The van der Waals surface area contributed by atoms with Gasteiger partial charge in [-0.25, -0.2) is 0 Å². The third-order valence-corrected chi connectivity index (χ3v) is 1.89. The van der Waals surface area contributed by atoms with Crippen LogP contribution in [0.5, 0.6) is 0 Å². The van der Waals surface area contributed by atoms with Gasteiger partial charge in [-0.2, -0.15) is 0 Å². The average Bonchev–Trinajstić information content (AvgIpc) is 3.01. The predicted octanol–water partition coefficient (Wildman–Crippen LogP) is 2.15. The largest absolute Gasteiger partial charge is 0.394 e. The van der Waals surface area contributed by atoms with Crippen LogP contribution in [-0.2, 0) is 4.74 Å². The molecular weight excluding hydrogens is 164 g/mol. The molecule has 1 aliphatic rings. The molecule has 2 nitrogen and oxygen atoms in total. The summed E-state index contributed by atoms with van der Waals surface area (Å²) in [6, 6.07) is 9.96. The molecule has 2 rings (SSSR count). The van der Waals surface area contributed by atoms with Gasteiger partial charge in [0.05, 0.1) is 6.61 Å². The summed E-state index contributed by atoms with van der Waals surface area (Å²) in [5.74, 6) is 0. The summed E-state index contributed by atoms with van der Waals surface area (Å²) in [6.07, 6.45) is 0.179. The molecule has 13 heavy (non-hydrogen) atoms. The first kappa shape index (κ1) is 10.2. The van der Waals surface area contributed by atoms with Gasteiger partial charge in [-0.05, 0) is 5.56 Å². The lowest BCUT2D eigenvalue weighted by atomic mass is 10.1. The van der Waals surface area contributed by atoms with Crippen molar-refractivity contribution in [3.8, 4) is 0 Å². The first-order valence-corrected chi connectivity index (χ1v) is 4.73. The van der Waals surface area contributed by atoms with Crippen LogP contribution in [0, 0.1) is 0 Å². The van der Waals surface area contributed by atoms with Gasteiger partial charge in [0.1, 0.15) is 12.2 Å². The van der Waals surface area contributed by atoms with Gasteiger partial charge in [-0.15, -0.1) is 0 Å². The van der Waals surface area contributed by atoms with E-state index in [9.17, 15) is 0 Å². The van der Waals surface area contributed by atoms with Crippen LogP contribution < -0.4 is 0 Å². The Bertz CT molecular complexity index is 233. The molecule has 72 valence electrons. The van der Waals surface area contributed by atoms with Crippen LogP contribution in [0.25, 0.3) is 0 Å². The molecule has 0 unspecified atom stereocenters. The molecule has 1 aliphatic heterocycles. The van der Waals surface area contributed by atoms with E-state index in [2.05, 4.69) is 0 Å². The Morgan fingerprint density at radius 2 is 1.85 bits per heavy atom. The number of aliphatic hydroxyl groups excluding tert-OH is 1. The second-order valence-electron chi connectivity index (χ2n) is 2.69. The van der Waals surface area contributed by atoms with Crippen LogP contribution in [0.1, 0.15) is 25.5 Å². The number of hydrogen-bond donors (Lipinski definition) is 1. The molecule has 1 saturated heterocycles. The molecule has 0 aliphatic carbocycles. The number of epoxide rings is 1. The Morgan fingerprint density at radius 1 is 1.23 bits per heavy atom. The van der Waals surface area contributed by atoms with E-state index in [1.807, 2.05) is 44.2 Å². The van der Waals surface area contributed by atoms with Crippen LogP contribution >= 0.6 is 0 Å². The summed E-state index contributed by atoms with van der Waals surface area (Å²) >= 11 is 0. The van der Waals surface area contributed by atoms with Crippen molar-refractivity contribution in [2.24, 2.45) is 0 Å². The van der Waals surface area contributed by atoms with E-state index in [-0.39, 0.29) is 18.8 Å². The highest BCUT2D eigenvalue weighted by Crippen LogP contribution is 2.37. The fraction of sp³-hybridized carbons (Fsp3) is 0.455. The summed E-state index contributed by atoms with van der Waals surface area (Å²) in [5.41, 5.74) is 1.16. The van der Waals surface area contributed by atoms with E-state index < -0.39 is 0 Å². The topological polar surface area (TPSA) is 32.8 Å². The number of ether oxygens (including phenoxy) is 1. The SMILES string of the molecule is CC.OC[C@H]1O[C@@H]1c1ccccc1. The van der Waals surface area contributed by atoms with Crippen molar-refractivity contribution in [3.05, 3.63) is 35.9 Å². The molecule has 0 amide bonds. The normalized spacial score (nSPS) is 24.5. The van der Waals surface area contributed by atoms with Crippen molar-refractivity contribution in [2.45, 2.75) is 26.1 Å². The minimum absolute atomic E-state index is 0.0393. The van der Waals surface area contributed by atoms with Gasteiger partial charge in [0.25, 0.3) is 0 Å². The molecule has 1 fully saturated rings. The van der Waals surface area contributed by atoms with Crippen LogP contribution in [0.3, 0.4) is 0 Å². The van der Waals surface area contributed by atoms with Crippen molar-refractivity contribution in [1.29, 1.82) is 0 Å². The van der Waals surface area contributed by atoms with Crippen LogP contribution in [0.15, 0.2) is 30.3 Å². The maximum Gasteiger partial charge on any atom is 0.112 e. The molecular formula is C11H16O2. The Hall–Kier alpha value is -0.860. The molecule has 1 aromatic carbocycles. The fourth-order valence-electron chi connectivity index (χ4n) is 1.22. The van der Waals surface area contributed by atoms with Gasteiger partial charge in [-0.1, -0.05) is 44.2 Å². The standard InChI is InChI=1S/C9H10O2.C2H6/c10-6-8-9(11-8)7-4-2-1-3-5-7;1-2/h1-5,8-10H,6H2;1-2H3/t8-,9-;/m1./s1. The number of hydrogen-bond acceptors (Lipinski definition) is 2. The zero-order valence-electron chi connectivity index (χ0n) is 8.10. The van der Waals surface area contributed by atoms with Crippen LogP contribution in [0.4, 0.5) is 0 Å². The highest BCUT2D eigenvalue weighted by molar-refractivity contribution is 5.22.